The Morgan fingerprint density at radius 3 is 2.65 bits per heavy atom. The first kappa shape index (κ1) is 12.9. The second kappa shape index (κ2) is 5.40. The molecule has 1 heterocycles. The van der Waals surface area contributed by atoms with E-state index in [1.807, 2.05) is 24.0 Å². The summed E-state index contributed by atoms with van der Waals surface area (Å²) < 4.78 is 0. The van der Waals surface area contributed by atoms with E-state index in [4.69, 9.17) is 11.6 Å². The van der Waals surface area contributed by atoms with Crippen LogP contribution in [0.3, 0.4) is 0 Å². The average molecular weight is 317 g/mol. The van der Waals surface area contributed by atoms with Crippen LogP contribution in [0.25, 0.3) is 0 Å². The second-order valence-electron chi connectivity index (χ2n) is 4.43. The van der Waals surface area contributed by atoms with Crippen molar-refractivity contribution < 1.29 is 4.79 Å². The van der Waals surface area contributed by atoms with E-state index in [9.17, 15) is 4.79 Å². The van der Waals surface area contributed by atoms with Crippen LogP contribution in [0.1, 0.15) is 28.8 Å². The number of amides is 1. The maximum atomic E-state index is 12.2. The van der Waals surface area contributed by atoms with E-state index in [0.717, 1.165) is 31.5 Å². The maximum absolute atomic E-state index is 12.2. The minimum absolute atomic E-state index is 0.0892. The minimum atomic E-state index is 0.0892. The summed E-state index contributed by atoms with van der Waals surface area (Å²) in [4.78, 5) is 14.7. The zero-order valence-electron chi connectivity index (χ0n) is 9.75. The van der Waals surface area contributed by atoms with Crippen molar-refractivity contribution in [1.82, 2.24) is 4.90 Å². The lowest BCUT2D eigenvalue weighted by molar-refractivity contribution is 0.0728. The van der Waals surface area contributed by atoms with Crippen LogP contribution in [-0.4, -0.2) is 28.7 Å². The second-order valence-corrected chi connectivity index (χ2v) is 6.13. The number of carbonyl (C=O) groups is 1. The summed E-state index contributed by atoms with van der Waals surface area (Å²) in [6.45, 7) is 3.58. The highest BCUT2D eigenvalue weighted by Crippen LogP contribution is 2.21. The normalized spacial score (nSPS) is 17.2. The van der Waals surface area contributed by atoms with Gasteiger partial charge in [-0.3, -0.25) is 4.79 Å². The van der Waals surface area contributed by atoms with Crippen LogP contribution in [-0.2, 0) is 0 Å². The van der Waals surface area contributed by atoms with Crippen molar-refractivity contribution in [1.29, 1.82) is 0 Å². The molecule has 0 atom stereocenters. The summed E-state index contributed by atoms with van der Waals surface area (Å²) in [6, 6.07) is 5.51. The molecule has 4 heteroatoms. The standard InChI is InChI=1S/C13H15BrClNO/c1-9-2-3-10(8-12(9)15)13(17)16-6-4-11(14)5-7-16/h2-3,8,11H,4-7H2,1H3. The van der Waals surface area contributed by atoms with Gasteiger partial charge in [0.05, 0.1) is 0 Å². The number of nitrogens with zero attached hydrogens (tertiary/aromatic N) is 1. The van der Waals surface area contributed by atoms with Gasteiger partial charge >= 0.3 is 0 Å². The van der Waals surface area contributed by atoms with Gasteiger partial charge in [0.1, 0.15) is 0 Å². The lowest BCUT2D eigenvalue weighted by atomic mass is 10.1. The number of halogens is 2. The van der Waals surface area contributed by atoms with Crippen LogP contribution in [0, 0.1) is 6.92 Å². The number of hydrogen-bond acceptors (Lipinski definition) is 1. The molecule has 0 N–H and O–H groups in total. The number of piperidine rings is 1. The highest BCUT2D eigenvalue weighted by atomic mass is 79.9. The number of benzene rings is 1. The number of likely N-dealkylation sites (tertiary alicyclic amines) is 1. The molecule has 0 radical (unpaired) electrons. The molecule has 0 bridgehead atoms. The van der Waals surface area contributed by atoms with Crippen LogP contribution < -0.4 is 0 Å². The van der Waals surface area contributed by atoms with E-state index in [0.29, 0.717) is 15.4 Å². The van der Waals surface area contributed by atoms with Crippen LogP contribution in [0.2, 0.25) is 5.02 Å². The minimum Gasteiger partial charge on any atom is -0.339 e. The van der Waals surface area contributed by atoms with Crippen molar-refractivity contribution in [2.24, 2.45) is 0 Å². The van der Waals surface area contributed by atoms with E-state index in [1.54, 1.807) is 6.07 Å². The van der Waals surface area contributed by atoms with Gasteiger partial charge in [-0.05, 0) is 37.5 Å². The molecule has 17 heavy (non-hydrogen) atoms. The number of aryl methyl sites for hydroxylation is 1. The van der Waals surface area contributed by atoms with Gasteiger partial charge < -0.3 is 4.90 Å². The molecule has 92 valence electrons. The Morgan fingerprint density at radius 2 is 2.06 bits per heavy atom. The Morgan fingerprint density at radius 1 is 1.41 bits per heavy atom. The Hall–Kier alpha value is -0.540. The van der Waals surface area contributed by atoms with Crippen LogP contribution in [0.4, 0.5) is 0 Å². The summed E-state index contributed by atoms with van der Waals surface area (Å²) in [6.07, 6.45) is 2.04. The van der Waals surface area contributed by atoms with Gasteiger partial charge in [-0.15, -0.1) is 0 Å². The fraction of sp³-hybridized carbons (Fsp3) is 0.462. The summed E-state index contributed by atoms with van der Waals surface area (Å²) in [5, 5.41) is 0.659. The summed E-state index contributed by atoms with van der Waals surface area (Å²) >= 11 is 9.62. The molecular weight excluding hydrogens is 302 g/mol. The maximum Gasteiger partial charge on any atom is 0.253 e. The highest BCUT2D eigenvalue weighted by molar-refractivity contribution is 9.09. The molecule has 1 saturated heterocycles. The van der Waals surface area contributed by atoms with Gasteiger partial charge in [0.15, 0.2) is 0 Å². The van der Waals surface area contributed by atoms with E-state index in [-0.39, 0.29) is 5.91 Å². The molecule has 0 saturated carbocycles. The molecule has 1 aromatic carbocycles. The van der Waals surface area contributed by atoms with Crippen LogP contribution in [0.5, 0.6) is 0 Å². The van der Waals surface area contributed by atoms with E-state index in [1.165, 1.54) is 0 Å². The third-order valence-electron chi connectivity index (χ3n) is 3.13. The first-order valence-corrected chi connectivity index (χ1v) is 7.07. The number of alkyl halides is 1. The van der Waals surface area contributed by atoms with Crippen LogP contribution >= 0.6 is 27.5 Å². The Balaban J connectivity index is 2.11. The Labute approximate surface area is 115 Å². The summed E-state index contributed by atoms with van der Waals surface area (Å²) in [5.41, 5.74) is 1.69. The molecule has 1 aliphatic rings. The largest absolute Gasteiger partial charge is 0.339 e. The molecule has 0 unspecified atom stereocenters. The molecule has 0 spiro atoms. The SMILES string of the molecule is Cc1ccc(C(=O)N2CCC(Br)CC2)cc1Cl. The molecule has 1 fully saturated rings. The van der Waals surface area contributed by atoms with E-state index < -0.39 is 0 Å². The van der Waals surface area contributed by atoms with Gasteiger partial charge in [0, 0.05) is 28.5 Å². The van der Waals surface area contributed by atoms with Crippen molar-refractivity contribution in [3.05, 3.63) is 34.3 Å². The van der Waals surface area contributed by atoms with Crippen molar-refractivity contribution in [3.8, 4) is 0 Å². The Bertz CT molecular complexity index is 427. The summed E-state index contributed by atoms with van der Waals surface area (Å²) in [5.74, 6) is 0.0892. The average Bonchev–Trinajstić information content (AvgIpc) is 2.33. The zero-order chi connectivity index (χ0) is 12.4. The molecular formula is C13H15BrClNO. The highest BCUT2D eigenvalue weighted by Gasteiger charge is 2.22. The Kier molecular flexibility index (Phi) is 4.10. The number of carbonyl (C=O) groups excluding carboxylic acids is 1. The third-order valence-corrected chi connectivity index (χ3v) is 4.45. The lowest BCUT2D eigenvalue weighted by Gasteiger charge is -2.29. The quantitative estimate of drug-likeness (QED) is 0.724. The van der Waals surface area contributed by atoms with Crippen LogP contribution in [0.15, 0.2) is 18.2 Å². The molecule has 2 nitrogen and oxygen atoms in total. The van der Waals surface area contributed by atoms with Gasteiger partial charge in [0.2, 0.25) is 0 Å². The molecule has 2 rings (SSSR count). The number of hydrogen-bond donors (Lipinski definition) is 0. The first-order chi connectivity index (χ1) is 8.08. The monoisotopic (exact) mass is 315 g/mol. The predicted octanol–water partition coefficient (Wildman–Crippen LogP) is 3.65. The topological polar surface area (TPSA) is 20.3 Å². The molecule has 1 amide bonds. The van der Waals surface area contributed by atoms with Crippen molar-refractivity contribution in [2.45, 2.75) is 24.6 Å². The van der Waals surface area contributed by atoms with Crippen molar-refractivity contribution in [2.75, 3.05) is 13.1 Å². The summed E-state index contributed by atoms with van der Waals surface area (Å²) in [7, 11) is 0. The van der Waals surface area contributed by atoms with Gasteiger partial charge in [-0.1, -0.05) is 33.6 Å². The molecule has 0 aromatic heterocycles. The van der Waals surface area contributed by atoms with Crippen molar-refractivity contribution in [3.63, 3.8) is 0 Å². The lowest BCUT2D eigenvalue weighted by Crippen LogP contribution is -2.38. The molecule has 1 aliphatic heterocycles. The fourth-order valence-corrected chi connectivity index (χ4v) is 2.55. The first-order valence-electron chi connectivity index (χ1n) is 5.77. The van der Waals surface area contributed by atoms with Crippen molar-refractivity contribution >= 4 is 33.4 Å². The number of rotatable bonds is 1. The van der Waals surface area contributed by atoms with Gasteiger partial charge in [-0.25, -0.2) is 0 Å². The van der Waals surface area contributed by atoms with Gasteiger partial charge in [-0.2, -0.15) is 0 Å². The smallest absolute Gasteiger partial charge is 0.253 e. The fourth-order valence-electron chi connectivity index (χ4n) is 1.96. The molecule has 1 aromatic rings. The van der Waals surface area contributed by atoms with Gasteiger partial charge in [0.25, 0.3) is 5.91 Å². The van der Waals surface area contributed by atoms with E-state index >= 15 is 0 Å². The van der Waals surface area contributed by atoms with E-state index in [2.05, 4.69) is 15.9 Å². The zero-order valence-corrected chi connectivity index (χ0v) is 12.1. The molecule has 0 aliphatic carbocycles. The third kappa shape index (κ3) is 3.02. The predicted molar refractivity (Wildman–Crippen MR) is 74.0 cm³/mol.